The zero-order chi connectivity index (χ0) is 14.9. The maximum Gasteiger partial charge on any atom is 0.345 e. The molecule has 9 heteroatoms. The number of sulfonamides is 1. The third kappa shape index (κ3) is 3.03. The summed E-state index contributed by atoms with van der Waals surface area (Å²) in [5.74, 6) is -1.36. The second-order valence-corrected chi connectivity index (χ2v) is 7.10. The average molecular weight is 334 g/mol. The van der Waals surface area contributed by atoms with Gasteiger partial charge in [0.25, 0.3) is 10.0 Å². The minimum atomic E-state index is -3.89. The van der Waals surface area contributed by atoms with E-state index in [9.17, 15) is 18.3 Å². The van der Waals surface area contributed by atoms with Crippen molar-refractivity contribution in [1.29, 1.82) is 0 Å². The summed E-state index contributed by atoms with van der Waals surface area (Å²) in [5.41, 5.74) is 0.165. The van der Waals surface area contributed by atoms with Crippen LogP contribution in [0.4, 0.5) is 5.69 Å². The summed E-state index contributed by atoms with van der Waals surface area (Å²) in [5, 5.41) is 18.0. The van der Waals surface area contributed by atoms with E-state index >= 15 is 0 Å². The first-order chi connectivity index (χ1) is 9.29. The Labute approximate surface area is 123 Å². The predicted molar refractivity (Wildman–Crippen MR) is 75.2 cm³/mol. The van der Waals surface area contributed by atoms with Crippen molar-refractivity contribution < 1.29 is 23.4 Å². The second kappa shape index (κ2) is 5.31. The molecule has 0 unspecified atom stereocenters. The minimum absolute atomic E-state index is 0.00241. The molecule has 0 fully saturated rings. The maximum absolute atomic E-state index is 12.0. The number of hydrogen-bond donors (Lipinski definition) is 3. The third-order valence-electron chi connectivity index (χ3n) is 2.26. The standard InChI is InChI=1S/C11H8ClNO5S2/c12-7-5-6(1-2-8(7)14)13-20(17,18)10-4-3-9(19-10)11(15)16/h1-5,13-14H,(H,15,16). The van der Waals surface area contributed by atoms with Crippen molar-refractivity contribution in [3.8, 4) is 5.75 Å². The van der Waals surface area contributed by atoms with Crippen LogP contribution in [0.1, 0.15) is 9.67 Å². The number of aromatic hydroxyl groups is 1. The zero-order valence-electron chi connectivity index (χ0n) is 9.70. The molecule has 6 nitrogen and oxygen atoms in total. The number of carbonyl (C=O) groups is 1. The number of phenols is 1. The van der Waals surface area contributed by atoms with Crippen LogP contribution in [0.2, 0.25) is 5.02 Å². The molecule has 0 amide bonds. The van der Waals surface area contributed by atoms with Crippen LogP contribution in [0, 0.1) is 0 Å². The van der Waals surface area contributed by atoms with Crippen LogP contribution in [0.25, 0.3) is 0 Å². The first-order valence-corrected chi connectivity index (χ1v) is 7.82. The van der Waals surface area contributed by atoms with Gasteiger partial charge in [-0.1, -0.05) is 11.6 Å². The molecule has 0 aliphatic carbocycles. The number of anilines is 1. The lowest BCUT2D eigenvalue weighted by Gasteiger charge is -2.07. The van der Waals surface area contributed by atoms with Gasteiger partial charge in [-0.2, -0.15) is 0 Å². The van der Waals surface area contributed by atoms with Gasteiger partial charge in [-0.05, 0) is 30.3 Å². The van der Waals surface area contributed by atoms with Crippen molar-refractivity contribution in [3.05, 3.63) is 40.2 Å². The number of aromatic carboxylic acids is 1. The highest BCUT2D eigenvalue weighted by molar-refractivity contribution is 7.94. The van der Waals surface area contributed by atoms with Gasteiger partial charge in [0.2, 0.25) is 0 Å². The van der Waals surface area contributed by atoms with Gasteiger partial charge in [0.1, 0.15) is 14.8 Å². The predicted octanol–water partition coefficient (Wildman–Crippen LogP) is 2.61. The van der Waals surface area contributed by atoms with E-state index in [4.69, 9.17) is 16.7 Å². The van der Waals surface area contributed by atoms with Gasteiger partial charge in [0.05, 0.1) is 10.7 Å². The molecule has 0 saturated carbocycles. The van der Waals surface area contributed by atoms with Crippen molar-refractivity contribution >= 4 is 44.6 Å². The van der Waals surface area contributed by atoms with E-state index in [1.807, 2.05) is 0 Å². The van der Waals surface area contributed by atoms with Crippen molar-refractivity contribution in [2.45, 2.75) is 4.21 Å². The van der Waals surface area contributed by atoms with Crippen LogP contribution < -0.4 is 4.72 Å². The summed E-state index contributed by atoms with van der Waals surface area (Å²) >= 11 is 6.32. The molecule has 0 bridgehead atoms. The molecule has 0 atom stereocenters. The number of carboxylic acids is 1. The quantitative estimate of drug-likeness (QED) is 0.746. The molecule has 0 saturated heterocycles. The van der Waals surface area contributed by atoms with Crippen LogP contribution in [-0.2, 0) is 10.0 Å². The summed E-state index contributed by atoms with van der Waals surface area (Å²) < 4.78 is 26.2. The first kappa shape index (κ1) is 14.6. The molecule has 1 aromatic carbocycles. The summed E-state index contributed by atoms with van der Waals surface area (Å²) in [6, 6.07) is 6.26. The molecule has 3 N–H and O–H groups in total. The van der Waals surface area contributed by atoms with Crippen molar-refractivity contribution in [3.63, 3.8) is 0 Å². The Balaban J connectivity index is 2.30. The van der Waals surface area contributed by atoms with E-state index < -0.39 is 16.0 Å². The van der Waals surface area contributed by atoms with Crippen molar-refractivity contribution in [2.75, 3.05) is 4.72 Å². The lowest BCUT2D eigenvalue weighted by Crippen LogP contribution is -2.11. The van der Waals surface area contributed by atoms with Crippen molar-refractivity contribution in [1.82, 2.24) is 0 Å². The zero-order valence-corrected chi connectivity index (χ0v) is 12.1. The number of benzene rings is 1. The number of thiophene rings is 1. The van der Waals surface area contributed by atoms with E-state index in [2.05, 4.69) is 4.72 Å². The lowest BCUT2D eigenvalue weighted by atomic mass is 10.3. The molecular weight excluding hydrogens is 326 g/mol. The molecule has 1 aromatic heterocycles. The molecule has 0 spiro atoms. The molecule has 2 aromatic rings. The van der Waals surface area contributed by atoms with E-state index in [0.717, 1.165) is 0 Å². The molecular formula is C11H8ClNO5S2. The summed E-state index contributed by atoms with van der Waals surface area (Å²) in [4.78, 5) is 10.7. The highest BCUT2D eigenvalue weighted by atomic mass is 35.5. The fourth-order valence-corrected chi connectivity index (χ4v) is 3.73. The van der Waals surface area contributed by atoms with Gasteiger partial charge in [-0.15, -0.1) is 11.3 Å². The van der Waals surface area contributed by atoms with E-state index in [1.54, 1.807) is 0 Å². The summed E-state index contributed by atoms with van der Waals surface area (Å²) in [7, 11) is -3.89. The third-order valence-corrected chi connectivity index (χ3v) is 5.51. The number of nitrogens with one attached hydrogen (secondary N) is 1. The van der Waals surface area contributed by atoms with Gasteiger partial charge in [-0.3, -0.25) is 4.72 Å². The summed E-state index contributed by atoms with van der Waals surface area (Å²) in [6.07, 6.45) is 0. The Bertz CT molecular complexity index is 769. The van der Waals surface area contributed by atoms with Crippen LogP contribution in [-0.4, -0.2) is 24.6 Å². The van der Waals surface area contributed by atoms with Gasteiger partial charge < -0.3 is 10.2 Å². The fraction of sp³-hybridized carbons (Fsp3) is 0. The Kier molecular flexibility index (Phi) is 3.89. The lowest BCUT2D eigenvalue weighted by molar-refractivity contribution is 0.0702. The Hall–Kier alpha value is -1.77. The Morgan fingerprint density at radius 1 is 1.25 bits per heavy atom. The second-order valence-electron chi connectivity index (χ2n) is 3.70. The Morgan fingerprint density at radius 2 is 1.95 bits per heavy atom. The molecule has 20 heavy (non-hydrogen) atoms. The van der Waals surface area contributed by atoms with Crippen LogP contribution >= 0.6 is 22.9 Å². The number of phenolic OH excluding ortho intramolecular Hbond substituents is 1. The van der Waals surface area contributed by atoms with Gasteiger partial charge in [-0.25, -0.2) is 13.2 Å². The van der Waals surface area contributed by atoms with Gasteiger partial charge in [0, 0.05) is 0 Å². The molecule has 0 aliphatic heterocycles. The van der Waals surface area contributed by atoms with E-state index in [1.165, 1.54) is 30.3 Å². The molecule has 2 rings (SSSR count). The van der Waals surface area contributed by atoms with Crippen LogP contribution in [0.15, 0.2) is 34.5 Å². The first-order valence-electron chi connectivity index (χ1n) is 5.14. The number of halogens is 1. The smallest absolute Gasteiger partial charge is 0.345 e. The van der Waals surface area contributed by atoms with E-state index in [0.29, 0.717) is 11.3 Å². The number of hydrogen-bond acceptors (Lipinski definition) is 5. The summed E-state index contributed by atoms with van der Waals surface area (Å²) in [6.45, 7) is 0. The monoisotopic (exact) mass is 333 g/mol. The molecule has 0 radical (unpaired) electrons. The van der Waals surface area contributed by atoms with Crippen LogP contribution in [0.3, 0.4) is 0 Å². The average Bonchev–Trinajstić information content (AvgIpc) is 2.84. The Morgan fingerprint density at radius 3 is 2.50 bits per heavy atom. The normalized spacial score (nSPS) is 11.2. The highest BCUT2D eigenvalue weighted by Gasteiger charge is 2.19. The van der Waals surface area contributed by atoms with Crippen LogP contribution in [0.5, 0.6) is 5.75 Å². The highest BCUT2D eigenvalue weighted by Crippen LogP contribution is 2.29. The van der Waals surface area contributed by atoms with Gasteiger partial charge >= 0.3 is 5.97 Å². The van der Waals surface area contributed by atoms with Crippen molar-refractivity contribution in [2.24, 2.45) is 0 Å². The minimum Gasteiger partial charge on any atom is -0.506 e. The van der Waals surface area contributed by atoms with E-state index in [-0.39, 0.29) is 25.5 Å². The molecule has 1 heterocycles. The van der Waals surface area contributed by atoms with Gasteiger partial charge in [0.15, 0.2) is 0 Å². The molecule has 106 valence electrons. The fourth-order valence-electron chi connectivity index (χ4n) is 1.36. The molecule has 0 aliphatic rings. The maximum atomic E-state index is 12.0. The largest absolute Gasteiger partial charge is 0.506 e. The SMILES string of the molecule is O=C(O)c1ccc(S(=O)(=O)Nc2ccc(O)c(Cl)c2)s1. The number of carboxylic acid groups (broad SMARTS) is 1. The number of rotatable bonds is 4. The topological polar surface area (TPSA) is 104 Å².